The molecule has 0 unspecified atom stereocenters. The van der Waals surface area contributed by atoms with E-state index in [9.17, 15) is 8.42 Å². The van der Waals surface area contributed by atoms with Crippen molar-refractivity contribution in [1.29, 1.82) is 5.26 Å². The number of nitrogens with one attached hydrogen (secondary N) is 1. The van der Waals surface area contributed by atoms with Gasteiger partial charge in [-0.25, -0.2) is 8.42 Å². The first-order valence-electron chi connectivity index (χ1n) is 5.92. The van der Waals surface area contributed by atoms with Crippen LogP contribution in [0.1, 0.15) is 11.1 Å². The highest BCUT2D eigenvalue weighted by molar-refractivity contribution is 9.10. The number of halogens is 1. The zero-order chi connectivity index (χ0) is 15.6. The Morgan fingerprint density at radius 3 is 2.52 bits per heavy atom. The normalized spacial score (nSPS) is 10.9. The summed E-state index contributed by atoms with van der Waals surface area (Å²) in [5.74, 6) is 0. The van der Waals surface area contributed by atoms with Crippen molar-refractivity contribution in [2.75, 3.05) is 10.5 Å². The van der Waals surface area contributed by atoms with Crippen molar-refractivity contribution < 1.29 is 8.42 Å². The number of nitrogens with zero attached hydrogens (tertiary/aromatic N) is 1. The van der Waals surface area contributed by atoms with Gasteiger partial charge in [-0.3, -0.25) is 4.72 Å². The lowest BCUT2D eigenvalue weighted by Gasteiger charge is -2.11. The number of sulfonamides is 1. The Hall–Kier alpha value is -2.04. The summed E-state index contributed by atoms with van der Waals surface area (Å²) in [4.78, 5) is -0.0536. The van der Waals surface area contributed by atoms with Gasteiger partial charge in [-0.05, 0) is 48.9 Å². The van der Waals surface area contributed by atoms with Gasteiger partial charge in [0.05, 0.1) is 17.3 Å². The van der Waals surface area contributed by atoms with E-state index in [0.717, 1.165) is 10.0 Å². The van der Waals surface area contributed by atoms with E-state index in [-0.39, 0.29) is 10.6 Å². The molecule has 0 radical (unpaired) electrons. The van der Waals surface area contributed by atoms with E-state index in [1.807, 2.05) is 13.0 Å². The minimum Gasteiger partial charge on any atom is -0.398 e. The van der Waals surface area contributed by atoms with Crippen LogP contribution in [0.15, 0.2) is 45.8 Å². The lowest BCUT2D eigenvalue weighted by Crippen LogP contribution is -2.15. The number of nitrogens with two attached hydrogens (primary N) is 1. The van der Waals surface area contributed by atoms with E-state index < -0.39 is 10.0 Å². The van der Waals surface area contributed by atoms with Crippen molar-refractivity contribution in [2.45, 2.75) is 11.8 Å². The van der Waals surface area contributed by atoms with Gasteiger partial charge in [0.25, 0.3) is 10.0 Å². The quantitative estimate of drug-likeness (QED) is 0.817. The van der Waals surface area contributed by atoms with E-state index in [0.29, 0.717) is 11.3 Å². The molecule has 5 nitrogen and oxygen atoms in total. The Kier molecular flexibility index (Phi) is 4.21. The second kappa shape index (κ2) is 5.76. The van der Waals surface area contributed by atoms with Crippen molar-refractivity contribution in [3.63, 3.8) is 0 Å². The van der Waals surface area contributed by atoms with E-state index in [4.69, 9.17) is 11.0 Å². The van der Waals surface area contributed by atoms with Crippen LogP contribution in [0.5, 0.6) is 0 Å². The van der Waals surface area contributed by atoms with Gasteiger partial charge >= 0.3 is 0 Å². The van der Waals surface area contributed by atoms with Gasteiger partial charge in [0, 0.05) is 10.2 Å². The number of hydrogen-bond donors (Lipinski definition) is 2. The highest BCUT2D eigenvalue weighted by Gasteiger charge is 2.18. The number of benzene rings is 2. The molecule has 0 fully saturated rings. The Labute approximate surface area is 131 Å². The average molecular weight is 366 g/mol. The molecule has 2 aromatic rings. The third kappa shape index (κ3) is 3.35. The topological polar surface area (TPSA) is 96.0 Å². The first-order chi connectivity index (χ1) is 9.83. The molecule has 0 bridgehead atoms. The number of hydrogen-bond acceptors (Lipinski definition) is 4. The number of aryl methyl sites for hydroxylation is 1. The first-order valence-corrected chi connectivity index (χ1v) is 8.20. The fourth-order valence-corrected chi connectivity index (χ4v) is 3.19. The minimum atomic E-state index is -3.80. The third-order valence-corrected chi connectivity index (χ3v) is 5.18. The van der Waals surface area contributed by atoms with Crippen LogP contribution >= 0.6 is 15.9 Å². The Balaban J connectivity index is 2.38. The Morgan fingerprint density at radius 2 is 1.95 bits per heavy atom. The molecular weight excluding hydrogens is 354 g/mol. The summed E-state index contributed by atoms with van der Waals surface area (Å²) in [6.45, 7) is 1.86. The molecule has 0 spiro atoms. The van der Waals surface area contributed by atoms with Crippen molar-refractivity contribution in [3.8, 4) is 6.07 Å². The van der Waals surface area contributed by atoms with E-state index in [2.05, 4.69) is 20.7 Å². The summed E-state index contributed by atoms with van der Waals surface area (Å²) in [5.41, 5.74) is 7.41. The van der Waals surface area contributed by atoms with Crippen LogP contribution in [0, 0.1) is 18.3 Å². The van der Waals surface area contributed by atoms with Gasteiger partial charge in [-0.1, -0.05) is 15.9 Å². The Bertz CT molecular complexity index is 842. The maximum atomic E-state index is 12.3. The van der Waals surface area contributed by atoms with Gasteiger partial charge in [0.2, 0.25) is 0 Å². The molecule has 0 heterocycles. The summed E-state index contributed by atoms with van der Waals surface area (Å²) in [5, 5.41) is 8.77. The van der Waals surface area contributed by atoms with Gasteiger partial charge in [0.15, 0.2) is 0 Å². The largest absolute Gasteiger partial charge is 0.398 e. The predicted molar refractivity (Wildman–Crippen MR) is 85.3 cm³/mol. The monoisotopic (exact) mass is 365 g/mol. The van der Waals surface area contributed by atoms with E-state index in [1.165, 1.54) is 18.2 Å². The number of nitriles is 1. The summed E-state index contributed by atoms with van der Waals surface area (Å²) < 4.78 is 28.0. The molecule has 0 saturated carbocycles. The lowest BCUT2D eigenvalue weighted by molar-refractivity contribution is 0.601. The van der Waals surface area contributed by atoms with Crippen molar-refractivity contribution >= 4 is 37.3 Å². The van der Waals surface area contributed by atoms with Crippen LogP contribution in [0.4, 0.5) is 11.4 Å². The molecule has 2 aromatic carbocycles. The molecule has 0 aliphatic carbocycles. The number of anilines is 2. The summed E-state index contributed by atoms with van der Waals surface area (Å²) in [7, 11) is -3.80. The highest BCUT2D eigenvalue weighted by atomic mass is 79.9. The zero-order valence-corrected chi connectivity index (χ0v) is 13.5. The summed E-state index contributed by atoms with van der Waals surface area (Å²) in [6.07, 6.45) is 0. The molecule has 0 atom stereocenters. The molecule has 0 aliphatic rings. The number of rotatable bonds is 3. The molecule has 0 aliphatic heterocycles. The lowest BCUT2D eigenvalue weighted by atomic mass is 10.2. The van der Waals surface area contributed by atoms with Gasteiger partial charge in [0.1, 0.15) is 4.90 Å². The van der Waals surface area contributed by atoms with E-state index >= 15 is 0 Å². The number of nitrogen functional groups attached to an aromatic ring is 1. The summed E-state index contributed by atoms with van der Waals surface area (Å²) >= 11 is 3.35. The molecular formula is C14H12BrN3O2S. The fourth-order valence-electron chi connectivity index (χ4n) is 1.78. The predicted octanol–water partition coefficient (Wildman–Crippen LogP) is 3.01. The molecule has 0 amide bonds. The van der Waals surface area contributed by atoms with Crippen molar-refractivity contribution in [3.05, 3.63) is 52.0 Å². The summed E-state index contributed by atoms with van der Waals surface area (Å²) in [6, 6.07) is 11.1. The van der Waals surface area contributed by atoms with Crippen molar-refractivity contribution in [1.82, 2.24) is 0 Å². The van der Waals surface area contributed by atoms with E-state index in [1.54, 1.807) is 18.2 Å². The Morgan fingerprint density at radius 1 is 1.24 bits per heavy atom. The standard InChI is InChI=1S/C14H12BrN3O2S/c1-9-6-11(3-4-12(9)15)18-21(19,20)14-5-2-10(8-16)7-13(14)17/h2-7,18H,17H2,1H3. The van der Waals surface area contributed by atoms with Crippen LogP contribution in [-0.2, 0) is 10.0 Å². The molecule has 108 valence electrons. The van der Waals surface area contributed by atoms with Crippen LogP contribution in [0.3, 0.4) is 0 Å². The van der Waals surface area contributed by atoms with Gasteiger partial charge < -0.3 is 5.73 Å². The van der Waals surface area contributed by atoms with Gasteiger partial charge in [-0.2, -0.15) is 5.26 Å². The molecule has 7 heteroatoms. The SMILES string of the molecule is Cc1cc(NS(=O)(=O)c2ccc(C#N)cc2N)ccc1Br. The third-order valence-electron chi connectivity index (χ3n) is 2.84. The maximum absolute atomic E-state index is 12.3. The smallest absolute Gasteiger partial charge is 0.263 e. The average Bonchev–Trinajstić information content (AvgIpc) is 2.42. The second-order valence-electron chi connectivity index (χ2n) is 4.43. The van der Waals surface area contributed by atoms with Crippen LogP contribution in [0.2, 0.25) is 0 Å². The maximum Gasteiger partial charge on any atom is 0.263 e. The van der Waals surface area contributed by atoms with Crippen LogP contribution < -0.4 is 10.5 Å². The molecule has 3 N–H and O–H groups in total. The highest BCUT2D eigenvalue weighted by Crippen LogP contribution is 2.25. The van der Waals surface area contributed by atoms with Crippen molar-refractivity contribution in [2.24, 2.45) is 0 Å². The molecule has 0 saturated heterocycles. The molecule has 21 heavy (non-hydrogen) atoms. The zero-order valence-electron chi connectivity index (χ0n) is 11.1. The second-order valence-corrected chi connectivity index (χ2v) is 6.94. The fraction of sp³-hybridized carbons (Fsp3) is 0.0714. The minimum absolute atomic E-state index is 0.0374. The first kappa shape index (κ1) is 15.4. The molecule has 2 rings (SSSR count). The van der Waals surface area contributed by atoms with Crippen LogP contribution in [0.25, 0.3) is 0 Å². The van der Waals surface area contributed by atoms with Crippen LogP contribution in [-0.4, -0.2) is 8.42 Å². The molecule has 0 aromatic heterocycles. The van der Waals surface area contributed by atoms with Gasteiger partial charge in [-0.15, -0.1) is 0 Å².